The van der Waals surface area contributed by atoms with Gasteiger partial charge in [-0.2, -0.15) is 4.31 Å². The quantitative estimate of drug-likeness (QED) is 0.768. The minimum absolute atomic E-state index is 0.0498. The Morgan fingerprint density at radius 2 is 1.69 bits per heavy atom. The Bertz CT molecular complexity index is 947. The molecule has 0 bridgehead atoms. The van der Waals surface area contributed by atoms with Gasteiger partial charge < -0.3 is 10.1 Å². The van der Waals surface area contributed by atoms with Crippen molar-refractivity contribution < 1.29 is 17.9 Å². The molecule has 0 atom stereocenters. The topological polar surface area (TPSA) is 75.7 Å². The Labute approximate surface area is 172 Å². The molecule has 1 saturated heterocycles. The van der Waals surface area contributed by atoms with Gasteiger partial charge in [-0.25, -0.2) is 8.42 Å². The van der Waals surface area contributed by atoms with Crippen molar-refractivity contribution >= 4 is 21.6 Å². The molecule has 1 N–H and O–H groups in total. The molecule has 7 heteroatoms. The van der Waals surface area contributed by atoms with E-state index in [1.807, 2.05) is 19.9 Å². The molecule has 6 nitrogen and oxygen atoms in total. The summed E-state index contributed by atoms with van der Waals surface area (Å²) in [6.07, 6.45) is 1.71. The highest BCUT2D eigenvalue weighted by Crippen LogP contribution is 2.25. The molecule has 1 aliphatic heterocycles. The van der Waals surface area contributed by atoms with Crippen molar-refractivity contribution in [2.24, 2.45) is 5.92 Å². The van der Waals surface area contributed by atoms with Crippen LogP contribution in [0.1, 0.15) is 44.0 Å². The van der Waals surface area contributed by atoms with Crippen LogP contribution in [0, 0.1) is 5.92 Å². The molecule has 1 fully saturated rings. The lowest BCUT2D eigenvalue weighted by Crippen LogP contribution is -2.37. The summed E-state index contributed by atoms with van der Waals surface area (Å²) < 4.78 is 32.9. The Morgan fingerprint density at radius 3 is 2.31 bits per heavy atom. The molecule has 0 spiro atoms. The van der Waals surface area contributed by atoms with Gasteiger partial charge in [0.2, 0.25) is 10.0 Å². The van der Waals surface area contributed by atoms with Gasteiger partial charge in [-0.1, -0.05) is 19.1 Å². The van der Waals surface area contributed by atoms with Gasteiger partial charge in [0.05, 0.1) is 16.6 Å². The zero-order chi connectivity index (χ0) is 21.0. The van der Waals surface area contributed by atoms with E-state index < -0.39 is 10.0 Å². The maximum absolute atomic E-state index is 12.8. The Morgan fingerprint density at radius 1 is 1.07 bits per heavy atom. The number of carbonyl (C=O) groups excluding carboxylic acids is 1. The second-order valence-electron chi connectivity index (χ2n) is 7.73. The minimum Gasteiger partial charge on any atom is -0.490 e. The van der Waals surface area contributed by atoms with Crippen molar-refractivity contribution in [2.45, 2.75) is 44.6 Å². The average Bonchev–Trinajstić information content (AvgIpc) is 2.68. The summed E-state index contributed by atoms with van der Waals surface area (Å²) in [6.45, 7) is 7.04. The molecule has 2 aromatic rings. The molecule has 156 valence electrons. The molecule has 2 aromatic carbocycles. The SMILES string of the molecule is CC1CCN(S(=O)(=O)c2ccc(NC(=O)c3ccccc3OC(C)C)cc2)CC1. The Balaban J connectivity index is 1.72. The Kier molecular flexibility index (Phi) is 6.59. The number of ether oxygens (including phenoxy) is 1. The molecule has 1 amide bonds. The van der Waals surface area contributed by atoms with Crippen LogP contribution in [0.25, 0.3) is 0 Å². The van der Waals surface area contributed by atoms with E-state index in [0.717, 1.165) is 12.8 Å². The van der Waals surface area contributed by atoms with Crippen molar-refractivity contribution in [2.75, 3.05) is 18.4 Å². The summed E-state index contributed by atoms with van der Waals surface area (Å²) >= 11 is 0. The van der Waals surface area contributed by atoms with Gasteiger partial charge in [0, 0.05) is 18.8 Å². The van der Waals surface area contributed by atoms with E-state index in [1.165, 1.54) is 0 Å². The molecule has 1 heterocycles. The summed E-state index contributed by atoms with van der Waals surface area (Å²) in [4.78, 5) is 12.9. The first-order chi connectivity index (χ1) is 13.8. The second kappa shape index (κ2) is 8.97. The zero-order valence-corrected chi connectivity index (χ0v) is 17.9. The predicted octanol–water partition coefficient (Wildman–Crippen LogP) is 4.15. The van der Waals surface area contributed by atoms with E-state index in [4.69, 9.17) is 4.74 Å². The number of nitrogens with one attached hydrogen (secondary N) is 1. The maximum atomic E-state index is 12.8. The van der Waals surface area contributed by atoms with Crippen LogP contribution in [-0.2, 0) is 10.0 Å². The molecule has 3 rings (SSSR count). The first-order valence-corrected chi connectivity index (χ1v) is 11.4. The third kappa shape index (κ3) is 5.16. The van der Waals surface area contributed by atoms with Crippen LogP contribution in [0.15, 0.2) is 53.4 Å². The average molecular weight is 417 g/mol. The van der Waals surface area contributed by atoms with Crippen LogP contribution < -0.4 is 10.1 Å². The number of nitrogens with zero attached hydrogens (tertiary/aromatic N) is 1. The van der Waals surface area contributed by atoms with Crippen molar-refractivity contribution in [3.05, 3.63) is 54.1 Å². The summed E-state index contributed by atoms with van der Waals surface area (Å²) in [5, 5.41) is 2.81. The number of hydrogen-bond donors (Lipinski definition) is 1. The third-order valence-electron chi connectivity index (χ3n) is 4.99. The fourth-order valence-electron chi connectivity index (χ4n) is 3.29. The molecular weight excluding hydrogens is 388 g/mol. The molecular formula is C22H28N2O4S. The van der Waals surface area contributed by atoms with Gasteiger partial charge in [-0.3, -0.25) is 4.79 Å². The molecule has 0 radical (unpaired) electrons. The number of anilines is 1. The standard InChI is InChI=1S/C22H28N2O4S/c1-16(2)28-21-7-5-4-6-20(21)22(25)23-18-8-10-19(11-9-18)29(26,27)24-14-12-17(3)13-15-24/h4-11,16-17H,12-15H2,1-3H3,(H,23,25). The number of carbonyl (C=O) groups is 1. The third-order valence-corrected chi connectivity index (χ3v) is 6.90. The van der Waals surface area contributed by atoms with Crippen molar-refractivity contribution in [3.8, 4) is 5.75 Å². The van der Waals surface area contributed by atoms with Crippen LogP contribution in [0.4, 0.5) is 5.69 Å². The monoisotopic (exact) mass is 416 g/mol. The lowest BCUT2D eigenvalue weighted by Gasteiger charge is -2.29. The van der Waals surface area contributed by atoms with Crippen molar-refractivity contribution in [3.63, 3.8) is 0 Å². The number of para-hydroxylation sites is 1. The van der Waals surface area contributed by atoms with Gasteiger partial charge >= 0.3 is 0 Å². The van der Waals surface area contributed by atoms with E-state index in [-0.39, 0.29) is 16.9 Å². The highest BCUT2D eigenvalue weighted by Gasteiger charge is 2.28. The van der Waals surface area contributed by atoms with Crippen molar-refractivity contribution in [1.82, 2.24) is 4.31 Å². The zero-order valence-electron chi connectivity index (χ0n) is 17.1. The van der Waals surface area contributed by atoms with Crippen LogP contribution in [0.2, 0.25) is 0 Å². The maximum Gasteiger partial charge on any atom is 0.259 e. The lowest BCUT2D eigenvalue weighted by atomic mass is 10.0. The normalized spacial score (nSPS) is 16.0. The fraction of sp³-hybridized carbons (Fsp3) is 0.409. The molecule has 0 aliphatic carbocycles. The van der Waals surface area contributed by atoms with Crippen molar-refractivity contribution in [1.29, 1.82) is 0 Å². The summed E-state index contributed by atoms with van der Waals surface area (Å²) in [5.74, 6) is 0.766. The number of amides is 1. The smallest absolute Gasteiger partial charge is 0.259 e. The number of rotatable bonds is 6. The molecule has 0 saturated carbocycles. The fourth-order valence-corrected chi connectivity index (χ4v) is 4.76. The highest BCUT2D eigenvalue weighted by molar-refractivity contribution is 7.89. The van der Waals surface area contributed by atoms with Crippen LogP contribution >= 0.6 is 0 Å². The van der Waals surface area contributed by atoms with Crippen LogP contribution in [0.3, 0.4) is 0 Å². The Hall–Kier alpha value is -2.38. The highest BCUT2D eigenvalue weighted by atomic mass is 32.2. The first kappa shape index (κ1) is 21.3. The van der Waals surface area contributed by atoms with E-state index in [1.54, 1.807) is 46.8 Å². The largest absolute Gasteiger partial charge is 0.490 e. The second-order valence-corrected chi connectivity index (χ2v) is 9.67. The van der Waals surface area contributed by atoms with E-state index in [9.17, 15) is 13.2 Å². The molecule has 1 aliphatic rings. The number of hydrogen-bond acceptors (Lipinski definition) is 4. The minimum atomic E-state index is -3.50. The summed E-state index contributed by atoms with van der Waals surface area (Å²) in [7, 11) is -3.50. The van der Waals surface area contributed by atoms with Crippen LogP contribution in [-0.4, -0.2) is 37.8 Å². The van der Waals surface area contributed by atoms with E-state index in [2.05, 4.69) is 12.2 Å². The predicted molar refractivity (Wildman–Crippen MR) is 114 cm³/mol. The summed E-state index contributed by atoms with van der Waals surface area (Å²) in [5.41, 5.74) is 0.959. The van der Waals surface area contributed by atoms with Gasteiger partial charge in [-0.15, -0.1) is 0 Å². The lowest BCUT2D eigenvalue weighted by molar-refractivity contribution is 0.102. The molecule has 0 unspecified atom stereocenters. The van der Waals surface area contributed by atoms with Gasteiger partial charge in [0.15, 0.2) is 0 Å². The number of piperidine rings is 1. The van der Waals surface area contributed by atoms with Crippen LogP contribution in [0.5, 0.6) is 5.75 Å². The molecule has 0 aromatic heterocycles. The number of benzene rings is 2. The van der Waals surface area contributed by atoms with Gasteiger partial charge in [0.1, 0.15) is 5.75 Å². The molecule has 29 heavy (non-hydrogen) atoms. The first-order valence-electron chi connectivity index (χ1n) is 9.94. The van der Waals surface area contributed by atoms with E-state index in [0.29, 0.717) is 36.0 Å². The van der Waals surface area contributed by atoms with E-state index >= 15 is 0 Å². The van der Waals surface area contributed by atoms with Gasteiger partial charge in [-0.05, 0) is 69.0 Å². The summed E-state index contributed by atoms with van der Waals surface area (Å²) in [6, 6.07) is 13.4. The number of sulfonamides is 1. The van der Waals surface area contributed by atoms with Gasteiger partial charge in [0.25, 0.3) is 5.91 Å².